The maximum atomic E-state index is 4.37. The molecule has 2 aliphatic rings. The molecule has 0 aromatic carbocycles. The fraction of sp³-hybridized carbons (Fsp3) is 0.688. The zero-order valence-corrected chi connectivity index (χ0v) is 16.1. The normalized spacial score (nSPS) is 25.9. The van der Waals surface area contributed by atoms with Crippen LogP contribution >= 0.6 is 24.0 Å². The van der Waals surface area contributed by atoms with Gasteiger partial charge in [-0.25, -0.2) is 0 Å². The van der Waals surface area contributed by atoms with Crippen LogP contribution in [0.1, 0.15) is 25.5 Å². The summed E-state index contributed by atoms with van der Waals surface area (Å²) in [6, 6.07) is 5.57. The van der Waals surface area contributed by atoms with Gasteiger partial charge in [-0.05, 0) is 30.9 Å². The number of nitrogens with one attached hydrogen (secondary N) is 2. The molecular weight excluding hydrogens is 389 g/mol. The van der Waals surface area contributed by atoms with E-state index in [-0.39, 0.29) is 24.0 Å². The van der Waals surface area contributed by atoms with E-state index in [1.807, 2.05) is 7.05 Å². The van der Waals surface area contributed by atoms with Gasteiger partial charge in [-0.3, -0.25) is 9.89 Å². The number of hydrogen-bond acceptors (Lipinski definition) is 2. The Morgan fingerprint density at radius 1 is 1.36 bits per heavy atom. The van der Waals surface area contributed by atoms with E-state index in [1.54, 1.807) is 0 Å². The topological polar surface area (TPSA) is 44.6 Å². The molecule has 0 bridgehead atoms. The number of guanidine groups is 1. The van der Waals surface area contributed by atoms with E-state index in [0.717, 1.165) is 25.1 Å². The SMILES string of the molecule is CN=C(NCc1cccn1C)NC1CN(C2CC2)CC1C.I. The summed E-state index contributed by atoms with van der Waals surface area (Å²) >= 11 is 0. The third-order valence-electron chi connectivity index (χ3n) is 4.74. The highest BCUT2D eigenvalue weighted by molar-refractivity contribution is 14.0. The number of aromatic nitrogens is 1. The van der Waals surface area contributed by atoms with Gasteiger partial charge in [0.2, 0.25) is 0 Å². The largest absolute Gasteiger partial charge is 0.353 e. The lowest BCUT2D eigenvalue weighted by Crippen LogP contribution is -2.46. The first-order chi connectivity index (χ1) is 10.2. The molecule has 2 fully saturated rings. The van der Waals surface area contributed by atoms with Crippen molar-refractivity contribution >= 4 is 29.9 Å². The van der Waals surface area contributed by atoms with Gasteiger partial charge in [-0.1, -0.05) is 6.92 Å². The third-order valence-corrected chi connectivity index (χ3v) is 4.74. The fourth-order valence-electron chi connectivity index (χ4n) is 3.15. The molecule has 0 radical (unpaired) electrons. The number of nitrogens with zero attached hydrogens (tertiary/aromatic N) is 3. The lowest BCUT2D eigenvalue weighted by molar-refractivity contribution is 0.315. The molecule has 1 aromatic heterocycles. The molecule has 2 heterocycles. The summed E-state index contributed by atoms with van der Waals surface area (Å²) in [5.41, 5.74) is 1.26. The Morgan fingerprint density at radius 2 is 2.14 bits per heavy atom. The molecule has 2 atom stereocenters. The van der Waals surface area contributed by atoms with Gasteiger partial charge in [0.25, 0.3) is 0 Å². The van der Waals surface area contributed by atoms with E-state index in [9.17, 15) is 0 Å². The summed E-state index contributed by atoms with van der Waals surface area (Å²) in [5.74, 6) is 1.59. The lowest BCUT2D eigenvalue weighted by Gasteiger charge is -2.20. The van der Waals surface area contributed by atoms with Crippen molar-refractivity contribution in [3.05, 3.63) is 24.0 Å². The Morgan fingerprint density at radius 3 is 2.73 bits per heavy atom. The fourth-order valence-corrected chi connectivity index (χ4v) is 3.15. The van der Waals surface area contributed by atoms with Crippen molar-refractivity contribution in [1.29, 1.82) is 0 Å². The van der Waals surface area contributed by atoms with Crippen LogP contribution in [0.15, 0.2) is 23.3 Å². The van der Waals surface area contributed by atoms with Gasteiger partial charge in [0, 0.05) is 51.2 Å². The van der Waals surface area contributed by atoms with Crippen LogP contribution in [0.5, 0.6) is 0 Å². The van der Waals surface area contributed by atoms with Crippen LogP contribution in [0.2, 0.25) is 0 Å². The van der Waals surface area contributed by atoms with Crippen LogP contribution in [0, 0.1) is 5.92 Å². The van der Waals surface area contributed by atoms with Gasteiger partial charge in [0.15, 0.2) is 5.96 Å². The van der Waals surface area contributed by atoms with E-state index in [0.29, 0.717) is 12.0 Å². The Kier molecular flexibility index (Phi) is 6.14. The monoisotopic (exact) mass is 417 g/mol. The van der Waals surface area contributed by atoms with E-state index in [1.165, 1.54) is 25.1 Å². The maximum absolute atomic E-state index is 4.37. The predicted octanol–water partition coefficient (Wildman–Crippen LogP) is 1.79. The van der Waals surface area contributed by atoms with Gasteiger partial charge in [-0.2, -0.15) is 0 Å². The van der Waals surface area contributed by atoms with Crippen molar-refractivity contribution in [2.45, 2.75) is 38.4 Å². The van der Waals surface area contributed by atoms with Crippen LogP contribution in [-0.2, 0) is 13.6 Å². The summed E-state index contributed by atoms with van der Waals surface area (Å²) in [5, 5.41) is 7.02. The molecule has 6 heteroatoms. The average Bonchev–Trinajstić information content (AvgIpc) is 3.15. The minimum atomic E-state index is 0. The standard InChI is InChI=1S/C16H27N5.HI/c1-12-10-21(13-6-7-13)11-15(12)19-16(17-2)18-9-14-5-4-8-20(14)3;/h4-5,8,12-13,15H,6-7,9-11H2,1-3H3,(H2,17,18,19);1H. The van der Waals surface area contributed by atoms with Crippen LogP contribution < -0.4 is 10.6 Å². The minimum Gasteiger partial charge on any atom is -0.353 e. The molecule has 3 rings (SSSR count). The Hall–Kier alpha value is -0.760. The smallest absolute Gasteiger partial charge is 0.191 e. The number of hydrogen-bond donors (Lipinski definition) is 2. The molecular formula is C16H28IN5. The van der Waals surface area contributed by atoms with Crippen LogP contribution in [-0.4, -0.2) is 47.6 Å². The highest BCUT2D eigenvalue weighted by Gasteiger charge is 2.38. The number of halogens is 1. The molecule has 0 amide bonds. The molecule has 5 nitrogen and oxygen atoms in total. The van der Waals surface area contributed by atoms with Gasteiger partial charge < -0.3 is 15.2 Å². The molecule has 0 spiro atoms. The summed E-state index contributed by atoms with van der Waals surface area (Å²) in [4.78, 5) is 7.00. The molecule has 1 saturated carbocycles. The van der Waals surface area contributed by atoms with Crippen molar-refractivity contribution in [2.75, 3.05) is 20.1 Å². The molecule has 1 aliphatic heterocycles. The minimum absolute atomic E-state index is 0. The lowest BCUT2D eigenvalue weighted by atomic mass is 10.1. The molecule has 2 unspecified atom stereocenters. The van der Waals surface area contributed by atoms with E-state index < -0.39 is 0 Å². The van der Waals surface area contributed by atoms with Crippen LogP contribution in [0.25, 0.3) is 0 Å². The number of aryl methyl sites for hydroxylation is 1. The molecule has 2 N–H and O–H groups in total. The zero-order valence-electron chi connectivity index (χ0n) is 13.7. The first-order valence-corrected chi connectivity index (χ1v) is 7.99. The second kappa shape index (κ2) is 7.68. The van der Waals surface area contributed by atoms with E-state index in [2.05, 4.69) is 57.4 Å². The Bertz CT molecular complexity index is 508. The van der Waals surface area contributed by atoms with Gasteiger partial charge >= 0.3 is 0 Å². The molecule has 22 heavy (non-hydrogen) atoms. The highest BCUT2D eigenvalue weighted by atomic mass is 127. The predicted molar refractivity (Wildman–Crippen MR) is 102 cm³/mol. The summed E-state index contributed by atoms with van der Waals surface area (Å²) < 4.78 is 2.13. The van der Waals surface area contributed by atoms with Gasteiger partial charge in [0.1, 0.15) is 0 Å². The van der Waals surface area contributed by atoms with E-state index in [4.69, 9.17) is 0 Å². The second-order valence-electron chi connectivity index (χ2n) is 6.45. The quantitative estimate of drug-likeness (QED) is 0.446. The van der Waals surface area contributed by atoms with Crippen molar-refractivity contribution in [3.63, 3.8) is 0 Å². The van der Waals surface area contributed by atoms with Crippen molar-refractivity contribution < 1.29 is 0 Å². The summed E-state index contributed by atoms with van der Waals surface area (Å²) in [6.07, 6.45) is 4.85. The van der Waals surface area contributed by atoms with Gasteiger partial charge in [0.05, 0.1) is 6.54 Å². The number of rotatable bonds is 4. The Labute approximate surface area is 150 Å². The van der Waals surface area contributed by atoms with E-state index >= 15 is 0 Å². The van der Waals surface area contributed by atoms with Gasteiger partial charge in [-0.15, -0.1) is 24.0 Å². The summed E-state index contributed by atoms with van der Waals surface area (Å²) in [7, 11) is 3.92. The van der Waals surface area contributed by atoms with Crippen molar-refractivity contribution in [3.8, 4) is 0 Å². The zero-order chi connectivity index (χ0) is 14.8. The third kappa shape index (κ3) is 4.16. The summed E-state index contributed by atoms with van der Waals surface area (Å²) in [6.45, 7) is 5.51. The maximum Gasteiger partial charge on any atom is 0.191 e. The van der Waals surface area contributed by atoms with Crippen molar-refractivity contribution in [2.24, 2.45) is 18.0 Å². The molecule has 1 saturated heterocycles. The first kappa shape index (κ1) is 17.6. The second-order valence-corrected chi connectivity index (χ2v) is 6.45. The Balaban J connectivity index is 0.00000176. The molecule has 124 valence electrons. The number of likely N-dealkylation sites (tertiary alicyclic amines) is 1. The van der Waals surface area contributed by atoms with Crippen molar-refractivity contribution in [1.82, 2.24) is 20.1 Å². The van der Waals surface area contributed by atoms with Crippen LogP contribution in [0.4, 0.5) is 0 Å². The molecule has 1 aromatic rings. The average molecular weight is 417 g/mol. The molecule has 1 aliphatic carbocycles. The highest BCUT2D eigenvalue weighted by Crippen LogP contribution is 2.31. The first-order valence-electron chi connectivity index (χ1n) is 7.99. The van der Waals surface area contributed by atoms with Crippen LogP contribution in [0.3, 0.4) is 0 Å². The number of aliphatic imine (C=N–C) groups is 1.